The number of nitrogens with zero attached hydrogens (tertiary/aromatic N) is 2. The number of aryl methyl sites for hydroxylation is 1. The summed E-state index contributed by atoms with van der Waals surface area (Å²) >= 11 is 0. The lowest BCUT2D eigenvalue weighted by molar-refractivity contribution is 0.453. The summed E-state index contributed by atoms with van der Waals surface area (Å²) in [6.07, 6.45) is 2.34. The summed E-state index contributed by atoms with van der Waals surface area (Å²) in [6, 6.07) is 4.11. The van der Waals surface area contributed by atoms with E-state index in [1.807, 2.05) is 13.0 Å². The van der Waals surface area contributed by atoms with Crippen molar-refractivity contribution in [2.24, 2.45) is 0 Å². The molecule has 1 aromatic rings. The molecule has 1 aromatic heterocycles. The van der Waals surface area contributed by atoms with Crippen LogP contribution in [0.25, 0.3) is 0 Å². The fourth-order valence-corrected chi connectivity index (χ4v) is 1.51. The molecule has 0 radical (unpaired) electrons. The van der Waals surface area contributed by atoms with E-state index in [9.17, 15) is 0 Å². The van der Waals surface area contributed by atoms with Crippen LogP contribution in [0.1, 0.15) is 45.0 Å². The second-order valence-electron chi connectivity index (χ2n) is 4.19. The third kappa shape index (κ3) is 2.51. The molecule has 2 nitrogen and oxygen atoms in total. The van der Waals surface area contributed by atoms with Crippen LogP contribution in [0.3, 0.4) is 0 Å². The van der Waals surface area contributed by atoms with Gasteiger partial charge >= 0.3 is 0 Å². The van der Waals surface area contributed by atoms with Crippen LogP contribution in [0, 0.1) is 6.92 Å². The Morgan fingerprint density at radius 2 is 1.92 bits per heavy atom. The summed E-state index contributed by atoms with van der Waals surface area (Å²) in [5.74, 6) is 0. The SMILES string of the molecule is CCCC(C)(C)c1ccc(C)nn1. The van der Waals surface area contributed by atoms with Crippen LogP contribution in [0.2, 0.25) is 0 Å². The predicted molar refractivity (Wildman–Crippen MR) is 54.7 cm³/mol. The molecular weight excluding hydrogens is 160 g/mol. The second kappa shape index (κ2) is 3.86. The molecule has 0 unspecified atom stereocenters. The minimum Gasteiger partial charge on any atom is -0.156 e. The summed E-state index contributed by atoms with van der Waals surface area (Å²) in [5, 5.41) is 8.30. The molecule has 0 aliphatic carbocycles. The monoisotopic (exact) mass is 178 g/mol. The van der Waals surface area contributed by atoms with E-state index in [1.54, 1.807) is 0 Å². The average molecular weight is 178 g/mol. The largest absolute Gasteiger partial charge is 0.156 e. The Hall–Kier alpha value is -0.920. The normalized spacial score (nSPS) is 11.7. The molecule has 72 valence electrons. The average Bonchev–Trinajstić information content (AvgIpc) is 2.05. The first-order valence-corrected chi connectivity index (χ1v) is 4.87. The molecule has 0 N–H and O–H groups in total. The van der Waals surface area contributed by atoms with E-state index >= 15 is 0 Å². The lowest BCUT2D eigenvalue weighted by Gasteiger charge is -2.22. The number of hydrogen-bond donors (Lipinski definition) is 0. The van der Waals surface area contributed by atoms with Gasteiger partial charge in [-0.25, -0.2) is 0 Å². The van der Waals surface area contributed by atoms with Crippen LogP contribution in [0.5, 0.6) is 0 Å². The standard InChI is InChI=1S/C11H18N2/c1-5-8-11(3,4)10-7-6-9(2)12-13-10/h6-7H,5,8H2,1-4H3. The van der Waals surface area contributed by atoms with Crippen molar-refractivity contribution in [2.75, 3.05) is 0 Å². The molecule has 0 fully saturated rings. The highest BCUT2D eigenvalue weighted by Crippen LogP contribution is 2.25. The van der Waals surface area contributed by atoms with Crippen LogP contribution >= 0.6 is 0 Å². The molecule has 0 saturated heterocycles. The third-order valence-corrected chi connectivity index (χ3v) is 2.37. The van der Waals surface area contributed by atoms with Gasteiger partial charge in [0, 0.05) is 5.41 Å². The molecule has 1 heterocycles. The van der Waals surface area contributed by atoms with Gasteiger partial charge in [0.15, 0.2) is 0 Å². The molecule has 0 aliphatic heterocycles. The van der Waals surface area contributed by atoms with Crippen molar-refractivity contribution >= 4 is 0 Å². The molecule has 1 rings (SSSR count). The summed E-state index contributed by atoms with van der Waals surface area (Å²) in [6.45, 7) is 8.60. The van der Waals surface area contributed by atoms with E-state index in [1.165, 1.54) is 6.42 Å². The molecule has 0 spiro atoms. The zero-order valence-electron chi connectivity index (χ0n) is 8.96. The van der Waals surface area contributed by atoms with Crippen LogP contribution in [0.15, 0.2) is 12.1 Å². The van der Waals surface area contributed by atoms with E-state index in [2.05, 4.69) is 37.0 Å². The van der Waals surface area contributed by atoms with E-state index in [4.69, 9.17) is 0 Å². The lowest BCUT2D eigenvalue weighted by atomic mass is 9.84. The maximum atomic E-state index is 4.22. The highest BCUT2D eigenvalue weighted by molar-refractivity contribution is 5.14. The van der Waals surface area contributed by atoms with E-state index in [0.29, 0.717) is 0 Å². The number of hydrogen-bond acceptors (Lipinski definition) is 2. The van der Waals surface area contributed by atoms with Crippen molar-refractivity contribution in [3.63, 3.8) is 0 Å². The maximum absolute atomic E-state index is 4.22. The molecule has 0 amide bonds. The molecule has 0 saturated carbocycles. The number of rotatable bonds is 3. The van der Waals surface area contributed by atoms with Crippen LogP contribution in [-0.2, 0) is 5.41 Å². The number of aromatic nitrogens is 2. The smallest absolute Gasteiger partial charge is 0.0687 e. The summed E-state index contributed by atoms with van der Waals surface area (Å²) < 4.78 is 0. The molecule has 2 heteroatoms. The lowest BCUT2D eigenvalue weighted by Crippen LogP contribution is -2.19. The second-order valence-corrected chi connectivity index (χ2v) is 4.19. The van der Waals surface area contributed by atoms with Crippen molar-refractivity contribution in [2.45, 2.75) is 46.0 Å². The van der Waals surface area contributed by atoms with Gasteiger partial charge in [-0.15, -0.1) is 0 Å². The summed E-state index contributed by atoms with van der Waals surface area (Å²) in [7, 11) is 0. The Morgan fingerprint density at radius 1 is 1.23 bits per heavy atom. The van der Waals surface area contributed by atoms with Crippen molar-refractivity contribution in [3.05, 3.63) is 23.5 Å². The van der Waals surface area contributed by atoms with Crippen LogP contribution in [-0.4, -0.2) is 10.2 Å². The van der Waals surface area contributed by atoms with Gasteiger partial charge < -0.3 is 0 Å². The van der Waals surface area contributed by atoms with Gasteiger partial charge in [0.05, 0.1) is 11.4 Å². The summed E-state index contributed by atoms with van der Waals surface area (Å²) in [4.78, 5) is 0. The minimum atomic E-state index is 0.162. The van der Waals surface area contributed by atoms with Crippen LogP contribution in [0.4, 0.5) is 0 Å². The van der Waals surface area contributed by atoms with Crippen molar-refractivity contribution in [1.82, 2.24) is 10.2 Å². The molecule has 0 aromatic carbocycles. The van der Waals surface area contributed by atoms with Gasteiger partial charge in [-0.2, -0.15) is 10.2 Å². The Kier molecular flexibility index (Phi) is 3.02. The van der Waals surface area contributed by atoms with E-state index in [-0.39, 0.29) is 5.41 Å². The minimum absolute atomic E-state index is 0.162. The van der Waals surface area contributed by atoms with Crippen molar-refractivity contribution in [3.8, 4) is 0 Å². The van der Waals surface area contributed by atoms with Gasteiger partial charge in [0.1, 0.15) is 0 Å². The molecule has 0 bridgehead atoms. The quantitative estimate of drug-likeness (QED) is 0.711. The van der Waals surface area contributed by atoms with Crippen LogP contribution < -0.4 is 0 Å². The highest BCUT2D eigenvalue weighted by atomic mass is 15.1. The Morgan fingerprint density at radius 3 is 2.38 bits per heavy atom. The molecule has 0 atom stereocenters. The molecule has 13 heavy (non-hydrogen) atoms. The zero-order chi connectivity index (χ0) is 9.90. The maximum Gasteiger partial charge on any atom is 0.0687 e. The predicted octanol–water partition coefficient (Wildman–Crippen LogP) is 2.86. The first-order chi connectivity index (χ1) is 6.06. The molecular formula is C11H18N2. The summed E-state index contributed by atoms with van der Waals surface area (Å²) in [5.41, 5.74) is 2.24. The van der Waals surface area contributed by atoms with E-state index in [0.717, 1.165) is 17.8 Å². The van der Waals surface area contributed by atoms with Gasteiger partial charge in [0.2, 0.25) is 0 Å². The van der Waals surface area contributed by atoms with Gasteiger partial charge in [0.25, 0.3) is 0 Å². The Balaban J connectivity index is 2.87. The highest BCUT2D eigenvalue weighted by Gasteiger charge is 2.20. The fraction of sp³-hybridized carbons (Fsp3) is 0.636. The topological polar surface area (TPSA) is 25.8 Å². The van der Waals surface area contributed by atoms with Gasteiger partial charge in [-0.3, -0.25) is 0 Å². The van der Waals surface area contributed by atoms with E-state index < -0.39 is 0 Å². The van der Waals surface area contributed by atoms with Gasteiger partial charge in [-0.05, 0) is 25.5 Å². The zero-order valence-corrected chi connectivity index (χ0v) is 8.96. The van der Waals surface area contributed by atoms with Gasteiger partial charge in [-0.1, -0.05) is 27.2 Å². The molecule has 0 aliphatic rings. The fourth-order valence-electron chi connectivity index (χ4n) is 1.51. The Labute approximate surface area is 80.4 Å². The third-order valence-electron chi connectivity index (χ3n) is 2.37. The first-order valence-electron chi connectivity index (χ1n) is 4.87. The van der Waals surface area contributed by atoms with Crippen molar-refractivity contribution < 1.29 is 0 Å². The van der Waals surface area contributed by atoms with Crippen molar-refractivity contribution in [1.29, 1.82) is 0 Å². The first kappa shape index (κ1) is 10.2. The Bertz CT molecular complexity index is 262.